The first-order valence-electron chi connectivity index (χ1n) is 12.7. The zero-order valence-corrected chi connectivity index (χ0v) is 22.4. The van der Waals surface area contributed by atoms with Gasteiger partial charge in [-0.1, -0.05) is 31.9 Å². The summed E-state index contributed by atoms with van der Waals surface area (Å²) < 4.78 is 19.8. The second kappa shape index (κ2) is 17.7. The number of esters is 3. The highest BCUT2D eigenvalue weighted by Crippen LogP contribution is 2.17. The molecule has 2 amide bonds. The monoisotopic (exact) mass is 537 g/mol. The topological polar surface area (TPSA) is 172 Å². The molecule has 0 aliphatic heterocycles. The van der Waals surface area contributed by atoms with Crippen LogP contribution in [0.25, 0.3) is 0 Å². The van der Waals surface area contributed by atoms with Crippen molar-refractivity contribution in [3.8, 4) is 5.75 Å². The number of hydrogen-bond donors (Lipinski definition) is 3. The van der Waals surface area contributed by atoms with Gasteiger partial charge in [0, 0.05) is 12.8 Å². The smallest absolute Gasteiger partial charge is 0.359 e. The van der Waals surface area contributed by atoms with E-state index in [2.05, 4.69) is 15.4 Å². The molecule has 12 heteroatoms. The molecular weight excluding hydrogens is 498 g/mol. The van der Waals surface area contributed by atoms with Crippen LogP contribution in [0.5, 0.6) is 5.75 Å². The van der Waals surface area contributed by atoms with Crippen molar-refractivity contribution in [1.82, 2.24) is 10.6 Å². The summed E-state index contributed by atoms with van der Waals surface area (Å²) in [5.74, 6) is -3.05. The number of amides is 2. The Morgan fingerprint density at radius 1 is 0.895 bits per heavy atom. The van der Waals surface area contributed by atoms with Crippen molar-refractivity contribution in [3.63, 3.8) is 0 Å². The molecule has 0 fully saturated rings. The Bertz CT molecular complexity index is 903. The average molecular weight is 538 g/mol. The van der Waals surface area contributed by atoms with E-state index < -0.39 is 48.0 Å². The second-order valence-corrected chi connectivity index (χ2v) is 8.30. The first-order valence-corrected chi connectivity index (χ1v) is 12.7. The van der Waals surface area contributed by atoms with Gasteiger partial charge in [-0.3, -0.25) is 14.4 Å². The number of carbonyl (C=O) groups is 5. The molecule has 2 atom stereocenters. The highest BCUT2D eigenvalue weighted by molar-refractivity contribution is 5.98. The summed E-state index contributed by atoms with van der Waals surface area (Å²) in [7, 11) is 1.23. The lowest BCUT2D eigenvalue weighted by Crippen LogP contribution is -2.52. The zero-order chi connectivity index (χ0) is 28.5. The van der Waals surface area contributed by atoms with Crippen LogP contribution in [0.4, 0.5) is 0 Å². The van der Waals surface area contributed by atoms with E-state index in [1.807, 2.05) is 6.92 Å². The molecule has 1 aromatic rings. The Kier molecular flexibility index (Phi) is 15.1. The van der Waals surface area contributed by atoms with Crippen molar-refractivity contribution in [2.45, 2.75) is 77.6 Å². The lowest BCUT2D eigenvalue weighted by atomic mass is 10.0. The summed E-state index contributed by atoms with van der Waals surface area (Å²) in [4.78, 5) is 61.0. The van der Waals surface area contributed by atoms with Gasteiger partial charge in [-0.2, -0.15) is 0 Å². The molecule has 4 N–H and O–H groups in total. The first-order chi connectivity index (χ1) is 18.1. The van der Waals surface area contributed by atoms with Gasteiger partial charge in [0.05, 0.1) is 32.9 Å². The van der Waals surface area contributed by atoms with Gasteiger partial charge in [0.2, 0.25) is 11.8 Å². The van der Waals surface area contributed by atoms with Gasteiger partial charge in [-0.05, 0) is 38.0 Å². The maximum Gasteiger partial charge on any atom is 0.359 e. The van der Waals surface area contributed by atoms with Crippen LogP contribution in [0.1, 0.15) is 58.4 Å². The largest absolute Gasteiger partial charge is 0.469 e. The van der Waals surface area contributed by atoms with Gasteiger partial charge in [0.25, 0.3) is 6.10 Å². The molecule has 0 saturated carbocycles. The number of unbranched alkanes of at least 4 members (excludes halogenated alkanes) is 1. The van der Waals surface area contributed by atoms with Crippen LogP contribution in [0.2, 0.25) is 0 Å². The Morgan fingerprint density at radius 2 is 1.50 bits per heavy atom. The van der Waals surface area contributed by atoms with Crippen molar-refractivity contribution in [1.29, 1.82) is 0 Å². The molecule has 0 unspecified atom stereocenters. The highest BCUT2D eigenvalue weighted by Gasteiger charge is 2.32. The SMILES string of the molecule is CCCC[C@H](N)NC(=O)[C@H](Cc1ccc(OC(C(=O)OCC)C(=O)OCC)cc1)NC(=O)CCC(=O)OC. The van der Waals surface area contributed by atoms with Gasteiger partial charge in [0.15, 0.2) is 0 Å². The van der Waals surface area contributed by atoms with E-state index in [4.69, 9.17) is 19.9 Å². The highest BCUT2D eigenvalue weighted by atomic mass is 16.6. The Hall–Kier alpha value is -3.67. The summed E-state index contributed by atoms with van der Waals surface area (Å²) in [6, 6.07) is 5.32. The van der Waals surface area contributed by atoms with E-state index in [0.29, 0.717) is 12.0 Å². The number of nitrogens with one attached hydrogen (secondary N) is 2. The lowest BCUT2D eigenvalue weighted by molar-refractivity contribution is -0.166. The molecule has 212 valence electrons. The van der Waals surface area contributed by atoms with Crippen LogP contribution in [-0.4, -0.2) is 68.4 Å². The summed E-state index contributed by atoms with van der Waals surface area (Å²) in [6.45, 7) is 5.34. The van der Waals surface area contributed by atoms with Crippen LogP contribution < -0.4 is 21.1 Å². The minimum Gasteiger partial charge on any atom is -0.469 e. The van der Waals surface area contributed by atoms with Crippen molar-refractivity contribution in [2.24, 2.45) is 5.73 Å². The molecule has 1 rings (SSSR count). The van der Waals surface area contributed by atoms with Crippen LogP contribution in [0.15, 0.2) is 24.3 Å². The number of nitrogens with two attached hydrogens (primary N) is 1. The zero-order valence-electron chi connectivity index (χ0n) is 22.4. The normalized spacial score (nSPS) is 12.2. The summed E-state index contributed by atoms with van der Waals surface area (Å²) in [5, 5.41) is 5.35. The minimum atomic E-state index is -1.59. The van der Waals surface area contributed by atoms with Gasteiger partial charge in [-0.25, -0.2) is 9.59 Å². The molecule has 0 heterocycles. The van der Waals surface area contributed by atoms with E-state index in [1.54, 1.807) is 26.0 Å². The fourth-order valence-electron chi connectivity index (χ4n) is 3.28. The standard InChI is InChI=1S/C26H39N3O9/c1-5-8-9-20(27)29-24(32)19(28-21(30)14-15-22(31)35-4)16-17-10-12-18(13-11-17)38-23(25(33)36-6-2)26(34)37-7-3/h10-13,19-20,23H,5-9,14-16,27H2,1-4H3,(H,28,30)(H,29,32)/t19-,20+/m0/s1. The first kappa shape index (κ1) is 32.4. The second-order valence-electron chi connectivity index (χ2n) is 8.30. The molecule has 0 radical (unpaired) electrons. The molecule has 0 spiro atoms. The van der Waals surface area contributed by atoms with Gasteiger partial charge in [-0.15, -0.1) is 0 Å². The van der Waals surface area contributed by atoms with Gasteiger partial charge >= 0.3 is 17.9 Å². The van der Waals surface area contributed by atoms with Gasteiger partial charge in [0.1, 0.15) is 11.8 Å². The summed E-state index contributed by atoms with van der Waals surface area (Å²) >= 11 is 0. The molecule has 0 aliphatic carbocycles. The Morgan fingerprint density at radius 3 is 2.03 bits per heavy atom. The van der Waals surface area contributed by atoms with Crippen molar-refractivity contribution in [3.05, 3.63) is 29.8 Å². The van der Waals surface area contributed by atoms with Crippen LogP contribution in [-0.2, 0) is 44.6 Å². The maximum absolute atomic E-state index is 12.9. The summed E-state index contributed by atoms with van der Waals surface area (Å²) in [5.41, 5.74) is 6.65. The minimum absolute atomic E-state index is 0.0634. The van der Waals surface area contributed by atoms with E-state index >= 15 is 0 Å². The van der Waals surface area contributed by atoms with Crippen molar-refractivity contribution < 1.29 is 42.9 Å². The number of rotatable bonds is 17. The van der Waals surface area contributed by atoms with Crippen LogP contribution in [0.3, 0.4) is 0 Å². The fourth-order valence-corrected chi connectivity index (χ4v) is 3.28. The molecule has 0 bridgehead atoms. The molecule has 38 heavy (non-hydrogen) atoms. The molecule has 0 aromatic heterocycles. The van der Waals surface area contributed by atoms with E-state index in [9.17, 15) is 24.0 Å². The van der Waals surface area contributed by atoms with Crippen molar-refractivity contribution in [2.75, 3.05) is 20.3 Å². The fraction of sp³-hybridized carbons (Fsp3) is 0.577. The van der Waals surface area contributed by atoms with E-state index in [-0.39, 0.29) is 38.2 Å². The summed E-state index contributed by atoms with van der Waals surface area (Å²) in [6.07, 6.45) is 0.00846. The molecule has 0 saturated heterocycles. The molecule has 0 aliphatic rings. The van der Waals surface area contributed by atoms with Gasteiger partial charge < -0.3 is 35.3 Å². The number of hydrogen-bond acceptors (Lipinski definition) is 10. The van der Waals surface area contributed by atoms with Crippen LogP contribution in [0, 0.1) is 0 Å². The number of ether oxygens (including phenoxy) is 4. The average Bonchev–Trinajstić information content (AvgIpc) is 2.89. The number of benzene rings is 1. The number of methoxy groups -OCH3 is 1. The third-order valence-electron chi connectivity index (χ3n) is 5.25. The van der Waals surface area contributed by atoms with Crippen LogP contribution >= 0.6 is 0 Å². The third kappa shape index (κ3) is 12.0. The Labute approximate surface area is 222 Å². The molecule has 12 nitrogen and oxygen atoms in total. The Balaban J connectivity index is 2.98. The molecular formula is C26H39N3O9. The predicted octanol–water partition coefficient (Wildman–Crippen LogP) is 1.13. The third-order valence-corrected chi connectivity index (χ3v) is 5.25. The van der Waals surface area contributed by atoms with E-state index in [1.165, 1.54) is 19.2 Å². The van der Waals surface area contributed by atoms with Crippen molar-refractivity contribution >= 4 is 29.7 Å². The quantitative estimate of drug-likeness (QED) is 0.113. The predicted molar refractivity (Wildman–Crippen MR) is 137 cm³/mol. The van der Waals surface area contributed by atoms with E-state index in [0.717, 1.165) is 12.8 Å². The maximum atomic E-state index is 12.9. The lowest BCUT2D eigenvalue weighted by Gasteiger charge is -2.22. The number of carbonyl (C=O) groups excluding carboxylic acids is 5. The molecule has 1 aromatic carbocycles.